The fourth-order valence-corrected chi connectivity index (χ4v) is 3.44. The Balaban J connectivity index is 1.79. The van der Waals surface area contributed by atoms with Crippen LogP contribution in [0.4, 0.5) is 5.82 Å². The molecule has 0 saturated heterocycles. The Morgan fingerprint density at radius 2 is 2.32 bits per heavy atom. The Bertz CT molecular complexity index is 658. The van der Waals surface area contributed by atoms with E-state index < -0.39 is 6.10 Å². The zero-order chi connectivity index (χ0) is 13.2. The standard InChI is InChI=1S/C11H14N6O2/c12-9-8-10(14-4-13-9)17(16-15-8)6-1-7(19)11(3-18)2-5(6)11/h4-7,18-19H,1-3H2,(H2,12,13,14). The third-order valence-corrected chi connectivity index (χ3v) is 4.67. The molecule has 2 fully saturated rings. The highest BCUT2D eigenvalue weighted by atomic mass is 16.3. The molecule has 4 N–H and O–H groups in total. The van der Waals surface area contributed by atoms with E-state index in [9.17, 15) is 10.2 Å². The van der Waals surface area contributed by atoms with Gasteiger partial charge in [-0.3, -0.25) is 0 Å². The fourth-order valence-electron chi connectivity index (χ4n) is 3.44. The number of aliphatic hydroxyl groups excluding tert-OH is 2. The van der Waals surface area contributed by atoms with Gasteiger partial charge in [0, 0.05) is 5.41 Å². The van der Waals surface area contributed by atoms with Crippen molar-refractivity contribution in [2.24, 2.45) is 11.3 Å². The molecule has 8 heteroatoms. The van der Waals surface area contributed by atoms with E-state index in [4.69, 9.17) is 5.73 Å². The number of aromatic nitrogens is 5. The summed E-state index contributed by atoms with van der Waals surface area (Å²) in [5.41, 5.74) is 6.46. The van der Waals surface area contributed by atoms with Crippen molar-refractivity contribution in [3.05, 3.63) is 6.33 Å². The van der Waals surface area contributed by atoms with E-state index in [1.165, 1.54) is 6.33 Å². The summed E-state index contributed by atoms with van der Waals surface area (Å²) < 4.78 is 1.71. The number of aliphatic hydroxyl groups is 2. The summed E-state index contributed by atoms with van der Waals surface area (Å²) in [5.74, 6) is 0.535. The highest BCUT2D eigenvalue weighted by Crippen LogP contribution is 2.67. The SMILES string of the molecule is Nc1ncnc2c1nnn2C1CC(O)C2(CO)CC12. The first kappa shape index (κ1) is 11.1. The first-order valence-electron chi connectivity index (χ1n) is 6.27. The Morgan fingerprint density at radius 3 is 3.00 bits per heavy atom. The van der Waals surface area contributed by atoms with Gasteiger partial charge in [0.15, 0.2) is 17.0 Å². The van der Waals surface area contributed by atoms with Crippen LogP contribution in [0.2, 0.25) is 0 Å². The topological polar surface area (TPSA) is 123 Å². The van der Waals surface area contributed by atoms with Gasteiger partial charge >= 0.3 is 0 Å². The van der Waals surface area contributed by atoms with Crippen molar-refractivity contribution < 1.29 is 10.2 Å². The number of nitrogens with two attached hydrogens (primary N) is 1. The average Bonchev–Trinajstić information content (AvgIpc) is 2.89. The molecule has 0 radical (unpaired) electrons. The van der Waals surface area contributed by atoms with Crippen LogP contribution in [0.3, 0.4) is 0 Å². The van der Waals surface area contributed by atoms with E-state index in [0.717, 1.165) is 6.42 Å². The molecule has 19 heavy (non-hydrogen) atoms. The van der Waals surface area contributed by atoms with Crippen LogP contribution in [0.1, 0.15) is 18.9 Å². The zero-order valence-corrected chi connectivity index (χ0v) is 10.1. The fraction of sp³-hybridized carbons (Fsp3) is 0.636. The monoisotopic (exact) mass is 262 g/mol. The maximum absolute atomic E-state index is 10.1. The minimum Gasteiger partial charge on any atom is -0.396 e. The number of nitrogens with zero attached hydrogens (tertiary/aromatic N) is 5. The summed E-state index contributed by atoms with van der Waals surface area (Å²) in [6.45, 7) is 0.0130. The van der Waals surface area contributed by atoms with Gasteiger partial charge in [-0.15, -0.1) is 5.10 Å². The lowest BCUT2D eigenvalue weighted by Crippen LogP contribution is -2.22. The Labute approximate surface area is 108 Å². The van der Waals surface area contributed by atoms with Gasteiger partial charge in [-0.05, 0) is 18.8 Å². The van der Waals surface area contributed by atoms with Crippen LogP contribution in [0, 0.1) is 11.3 Å². The van der Waals surface area contributed by atoms with Crippen molar-refractivity contribution >= 4 is 17.0 Å². The molecule has 100 valence electrons. The molecule has 4 unspecified atom stereocenters. The molecule has 8 nitrogen and oxygen atoms in total. The van der Waals surface area contributed by atoms with Crippen LogP contribution < -0.4 is 5.73 Å². The second-order valence-corrected chi connectivity index (χ2v) is 5.49. The number of fused-ring (bicyclic) bond motifs is 2. The maximum atomic E-state index is 10.1. The van der Waals surface area contributed by atoms with E-state index in [2.05, 4.69) is 20.3 Å². The Kier molecular flexibility index (Phi) is 1.98. The number of anilines is 1. The summed E-state index contributed by atoms with van der Waals surface area (Å²) in [6.07, 6.45) is 2.27. The lowest BCUT2D eigenvalue weighted by Gasteiger charge is -2.15. The number of nitrogen functional groups attached to an aromatic ring is 1. The van der Waals surface area contributed by atoms with Crippen molar-refractivity contribution in [3.63, 3.8) is 0 Å². The van der Waals surface area contributed by atoms with Crippen molar-refractivity contribution in [1.29, 1.82) is 0 Å². The molecule has 2 aromatic heterocycles. The van der Waals surface area contributed by atoms with Gasteiger partial charge in [0.1, 0.15) is 6.33 Å². The molecular formula is C11H14N6O2. The van der Waals surface area contributed by atoms with Gasteiger partial charge in [-0.1, -0.05) is 5.21 Å². The number of rotatable bonds is 2. The Hall–Kier alpha value is -1.80. The summed E-state index contributed by atoms with van der Waals surface area (Å²) in [6, 6.07) is 0.0152. The quantitative estimate of drug-likeness (QED) is 0.641. The van der Waals surface area contributed by atoms with Crippen molar-refractivity contribution in [2.75, 3.05) is 12.3 Å². The van der Waals surface area contributed by atoms with Gasteiger partial charge in [0.05, 0.1) is 18.8 Å². The third-order valence-electron chi connectivity index (χ3n) is 4.67. The third kappa shape index (κ3) is 1.25. The summed E-state index contributed by atoms with van der Waals surface area (Å²) in [7, 11) is 0. The first-order chi connectivity index (χ1) is 9.17. The largest absolute Gasteiger partial charge is 0.396 e. The molecule has 0 amide bonds. The molecule has 0 spiro atoms. The van der Waals surface area contributed by atoms with Crippen molar-refractivity contribution in [1.82, 2.24) is 25.0 Å². The molecule has 0 aliphatic heterocycles. The highest BCUT2D eigenvalue weighted by Gasteiger charge is 2.67. The maximum Gasteiger partial charge on any atom is 0.184 e. The molecule has 2 heterocycles. The molecular weight excluding hydrogens is 248 g/mol. The number of hydrogen-bond acceptors (Lipinski definition) is 7. The summed E-state index contributed by atoms with van der Waals surface area (Å²) >= 11 is 0. The summed E-state index contributed by atoms with van der Waals surface area (Å²) in [5, 5.41) is 27.7. The lowest BCUT2D eigenvalue weighted by atomic mass is 10.0. The molecule has 0 aromatic carbocycles. The molecule has 2 aliphatic rings. The van der Waals surface area contributed by atoms with Crippen molar-refractivity contribution in [2.45, 2.75) is 25.0 Å². The van der Waals surface area contributed by atoms with Gasteiger partial charge < -0.3 is 15.9 Å². The molecule has 2 aliphatic carbocycles. The minimum absolute atomic E-state index is 0.0130. The molecule has 2 saturated carbocycles. The van der Waals surface area contributed by atoms with E-state index >= 15 is 0 Å². The highest BCUT2D eigenvalue weighted by molar-refractivity contribution is 5.80. The van der Waals surface area contributed by atoms with Crippen LogP contribution in [0.25, 0.3) is 11.2 Å². The van der Waals surface area contributed by atoms with Crippen LogP contribution in [0.5, 0.6) is 0 Å². The molecule has 2 aromatic rings. The molecule has 4 rings (SSSR count). The van der Waals surface area contributed by atoms with Crippen molar-refractivity contribution in [3.8, 4) is 0 Å². The average molecular weight is 262 g/mol. The smallest absolute Gasteiger partial charge is 0.184 e. The number of hydrogen-bond donors (Lipinski definition) is 3. The zero-order valence-electron chi connectivity index (χ0n) is 10.1. The second kappa shape index (κ2) is 3.40. The lowest BCUT2D eigenvalue weighted by molar-refractivity contribution is 0.0599. The van der Waals surface area contributed by atoms with E-state index in [1.54, 1.807) is 4.68 Å². The normalized spacial score (nSPS) is 36.6. The van der Waals surface area contributed by atoms with Gasteiger partial charge in [-0.2, -0.15) is 0 Å². The molecule has 4 atom stereocenters. The second-order valence-electron chi connectivity index (χ2n) is 5.49. The van der Waals surface area contributed by atoms with E-state index in [0.29, 0.717) is 23.4 Å². The van der Waals surface area contributed by atoms with Gasteiger partial charge in [-0.25, -0.2) is 14.6 Å². The Morgan fingerprint density at radius 1 is 1.47 bits per heavy atom. The predicted octanol–water partition coefficient (Wildman–Crippen LogP) is -0.892. The van der Waals surface area contributed by atoms with Crippen LogP contribution in [-0.4, -0.2) is 47.9 Å². The van der Waals surface area contributed by atoms with Crippen LogP contribution in [0.15, 0.2) is 6.33 Å². The summed E-state index contributed by atoms with van der Waals surface area (Å²) in [4.78, 5) is 8.06. The molecule has 0 bridgehead atoms. The van der Waals surface area contributed by atoms with E-state index in [1.807, 2.05) is 0 Å². The minimum atomic E-state index is -0.495. The van der Waals surface area contributed by atoms with Gasteiger partial charge in [0.25, 0.3) is 0 Å². The van der Waals surface area contributed by atoms with Crippen LogP contribution >= 0.6 is 0 Å². The predicted molar refractivity (Wildman–Crippen MR) is 64.8 cm³/mol. The van der Waals surface area contributed by atoms with E-state index in [-0.39, 0.29) is 24.0 Å². The van der Waals surface area contributed by atoms with Crippen LogP contribution in [-0.2, 0) is 0 Å². The first-order valence-corrected chi connectivity index (χ1v) is 6.27. The van der Waals surface area contributed by atoms with Gasteiger partial charge in [0.2, 0.25) is 0 Å².